The van der Waals surface area contributed by atoms with Crippen molar-refractivity contribution in [1.29, 1.82) is 0 Å². The lowest BCUT2D eigenvalue weighted by molar-refractivity contribution is 0.0992. The number of hydrogen-bond acceptors (Lipinski definition) is 2. The zero-order chi connectivity index (χ0) is 13.7. The van der Waals surface area contributed by atoms with E-state index in [2.05, 4.69) is 6.92 Å². The fourth-order valence-corrected chi connectivity index (χ4v) is 3.10. The van der Waals surface area contributed by atoms with Crippen LogP contribution in [0.3, 0.4) is 0 Å². The molecule has 0 bridgehead atoms. The number of Topliss-reactive ketones (excluding diaryl/α,β-unsaturated/α-hetero) is 1. The van der Waals surface area contributed by atoms with E-state index in [9.17, 15) is 9.00 Å². The third kappa shape index (κ3) is 3.77. The van der Waals surface area contributed by atoms with Crippen LogP contribution in [0.1, 0.15) is 48.2 Å². The van der Waals surface area contributed by atoms with Crippen LogP contribution in [0.4, 0.5) is 0 Å². The lowest BCUT2D eigenvalue weighted by Crippen LogP contribution is -2.25. The predicted octanol–water partition coefficient (Wildman–Crippen LogP) is 3.42. The highest BCUT2D eigenvalue weighted by Gasteiger charge is 2.22. The van der Waals surface area contributed by atoms with E-state index in [1.54, 1.807) is 6.92 Å². The van der Waals surface area contributed by atoms with Gasteiger partial charge in [-0.05, 0) is 38.8 Å². The lowest BCUT2D eigenvalue weighted by Gasteiger charge is -2.12. The molecule has 0 saturated carbocycles. The topological polar surface area (TPSA) is 34.1 Å². The molecule has 0 amide bonds. The molecule has 1 aromatic carbocycles. The highest BCUT2D eigenvalue weighted by Crippen LogP contribution is 2.15. The second-order valence-corrected chi connectivity index (χ2v) is 6.64. The van der Waals surface area contributed by atoms with Crippen LogP contribution in [0.25, 0.3) is 0 Å². The first-order valence-corrected chi connectivity index (χ1v) is 7.84. The minimum Gasteiger partial charge on any atom is -0.293 e. The molecular formula is C15H22O2S. The smallest absolute Gasteiger partial charge is 0.178 e. The molecule has 1 aromatic rings. The molecule has 0 aliphatic rings. The molecule has 0 radical (unpaired) electrons. The third-order valence-electron chi connectivity index (χ3n) is 3.12. The van der Waals surface area contributed by atoms with Crippen molar-refractivity contribution >= 4 is 16.6 Å². The number of aryl methyl sites for hydroxylation is 2. The molecule has 0 aliphatic carbocycles. The maximum atomic E-state index is 12.3. The molecule has 0 heterocycles. The maximum absolute atomic E-state index is 12.3. The molecule has 100 valence electrons. The average Bonchev–Trinajstić information content (AvgIpc) is 2.37. The van der Waals surface area contributed by atoms with Gasteiger partial charge in [-0.3, -0.25) is 9.00 Å². The molecule has 2 atom stereocenters. The highest BCUT2D eigenvalue weighted by atomic mass is 32.2. The molecule has 1 rings (SSSR count). The minimum absolute atomic E-state index is 0.00522. The molecule has 0 N–H and O–H groups in total. The Morgan fingerprint density at radius 1 is 1.33 bits per heavy atom. The Bertz CT molecular complexity index is 452. The molecule has 0 fully saturated rings. The van der Waals surface area contributed by atoms with Gasteiger partial charge in [0.1, 0.15) is 0 Å². The van der Waals surface area contributed by atoms with Crippen LogP contribution >= 0.6 is 0 Å². The Morgan fingerprint density at radius 3 is 2.61 bits per heavy atom. The summed E-state index contributed by atoms with van der Waals surface area (Å²) < 4.78 is 12.0. The SMILES string of the molecule is CCCCS(=O)C(C)C(=O)c1cc(C)ccc1C. The summed E-state index contributed by atoms with van der Waals surface area (Å²) in [5.41, 5.74) is 2.74. The standard InChI is InChI=1S/C15H22O2S/c1-5-6-9-18(17)13(4)15(16)14-10-11(2)7-8-12(14)3/h7-8,10,13H,5-6,9H2,1-4H3. The lowest BCUT2D eigenvalue weighted by atomic mass is 10.0. The van der Waals surface area contributed by atoms with Gasteiger partial charge in [-0.1, -0.05) is 31.0 Å². The molecule has 0 spiro atoms. The van der Waals surface area contributed by atoms with Gasteiger partial charge in [0.15, 0.2) is 5.78 Å². The molecule has 3 heteroatoms. The van der Waals surface area contributed by atoms with Gasteiger partial charge in [0.2, 0.25) is 0 Å². The Kier molecular flexibility index (Phi) is 5.73. The van der Waals surface area contributed by atoms with Crippen molar-refractivity contribution in [3.8, 4) is 0 Å². The first-order chi connectivity index (χ1) is 8.47. The van der Waals surface area contributed by atoms with Crippen LogP contribution in [0.2, 0.25) is 0 Å². The van der Waals surface area contributed by atoms with Gasteiger partial charge in [0.25, 0.3) is 0 Å². The molecule has 18 heavy (non-hydrogen) atoms. The largest absolute Gasteiger partial charge is 0.293 e. The predicted molar refractivity (Wildman–Crippen MR) is 77.6 cm³/mol. The molecule has 0 aliphatic heterocycles. The summed E-state index contributed by atoms with van der Waals surface area (Å²) in [6.45, 7) is 7.73. The summed E-state index contributed by atoms with van der Waals surface area (Å²) in [7, 11) is -1.06. The van der Waals surface area contributed by atoms with Crippen LogP contribution in [0, 0.1) is 13.8 Å². The van der Waals surface area contributed by atoms with Crippen molar-refractivity contribution in [2.75, 3.05) is 5.75 Å². The molecular weight excluding hydrogens is 244 g/mol. The van der Waals surface area contributed by atoms with Gasteiger partial charge >= 0.3 is 0 Å². The van der Waals surface area contributed by atoms with Crippen molar-refractivity contribution in [3.05, 3.63) is 34.9 Å². The number of carbonyl (C=O) groups is 1. The van der Waals surface area contributed by atoms with Gasteiger partial charge < -0.3 is 0 Å². The van der Waals surface area contributed by atoms with E-state index in [0.29, 0.717) is 11.3 Å². The summed E-state index contributed by atoms with van der Waals surface area (Å²) in [6, 6.07) is 5.83. The number of hydrogen-bond donors (Lipinski definition) is 0. The monoisotopic (exact) mass is 266 g/mol. The third-order valence-corrected chi connectivity index (χ3v) is 4.81. The Balaban J connectivity index is 2.86. The number of benzene rings is 1. The van der Waals surface area contributed by atoms with E-state index in [-0.39, 0.29) is 5.78 Å². The van der Waals surface area contributed by atoms with Crippen LogP contribution in [0.15, 0.2) is 18.2 Å². The molecule has 2 nitrogen and oxygen atoms in total. The van der Waals surface area contributed by atoms with Gasteiger partial charge in [0, 0.05) is 22.1 Å². The highest BCUT2D eigenvalue weighted by molar-refractivity contribution is 7.86. The van der Waals surface area contributed by atoms with E-state index in [4.69, 9.17) is 0 Å². The Labute approximate surface area is 112 Å². The normalized spacial score (nSPS) is 14.2. The van der Waals surface area contributed by atoms with E-state index in [0.717, 1.165) is 24.0 Å². The summed E-state index contributed by atoms with van der Waals surface area (Å²) >= 11 is 0. The zero-order valence-electron chi connectivity index (χ0n) is 11.7. The molecule has 2 unspecified atom stereocenters. The van der Waals surface area contributed by atoms with Crippen molar-refractivity contribution in [1.82, 2.24) is 0 Å². The second-order valence-electron chi connectivity index (χ2n) is 4.76. The van der Waals surface area contributed by atoms with Gasteiger partial charge in [-0.15, -0.1) is 0 Å². The minimum atomic E-state index is -1.06. The Morgan fingerprint density at radius 2 is 2.00 bits per heavy atom. The maximum Gasteiger partial charge on any atom is 0.178 e. The number of carbonyl (C=O) groups excluding carboxylic acids is 1. The van der Waals surface area contributed by atoms with Crippen molar-refractivity contribution in [2.24, 2.45) is 0 Å². The quantitative estimate of drug-likeness (QED) is 0.739. The van der Waals surface area contributed by atoms with E-state index >= 15 is 0 Å². The van der Waals surface area contributed by atoms with Crippen LogP contribution in [-0.4, -0.2) is 21.0 Å². The number of rotatable bonds is 6. The first kappa shape index (κ1) is 15.1. The van der Waals surface area contributed by atoms with E-state index in [1.165, 1.54) is 0 Å². The summed E-state index contributed by atoms with van der Waals surface area (Å²) in [6.07, 6.45) is 1.92. The van der Waals surface area contributed by atoms with Gasteiger partial charge in [-0.25, -0.2) is 0 Å². The van der Waals surface area contributed by atoms with Crippen molar-refractivity contribution in [2.45, 2.75) is 45.8 Å². The van der Waals surface area contributed by atoms with Gasteiger partial charge in [0.05, 0.1) is 5.25 Å². The van der Waals surface area contributed by atoms with Gasteiger partial charge in [-0.2, -0.15) is 0 Å². The fraction of sp³-hybridized carbons (Fsp3) is 0.533. The van der Waals surface area contributed by atoms with E-state index < -0.39 is 16.0 Å². The number of ketones is 1. The van der Waals surface area contributed by atoms with Crippen molar-refractivity contribution < 1.29 is 9.00 Å². The summed E-state index contributed by atoms with van der Waals surface area (Å²) in [5, 5.41) is -0.406. The van der Waals surface area contributed by atoms with Crippen molar-refractivity contribution in [3.63, 3.8) is 0 Å². The zero-order valence-corrected chi connectivity index (χ0v) is 12.5. The second kappa shape index (κ2) is 6.83. The summed E-state index contributed by atoms with van der Waals surface area (Å²) in [5.74, 6) is 0.625. The fourth-order valence-electron chi connectivity index (χ4n) is 1.80. The van der Waals surface area contributed by atoms with Crippen LogP contribution in [-0.2, 0) is 10.8 Å². The average molecular weight is 266 g/mol. The number of unbranched alkanes of at least 4 members (excludes halogenated alkanes) is 1. The van der Waals surface area contributed by atoms with Crippen LogP contribution in [0.5, 0.6) is 0 Å². The molecule has 0 aromatic heterocycles. The first-order valence-electron chi connectivity index (χ1n) is 6.46. The van der Waals surface area contributed by atoms with E-state index in [1.807, 2.05) is 32.0 Å². The Hall–Kier alpha value is -0.960. The van der Waals surface area contributed by atoms with Crippen LogP contribution < -0.4 is 0 Å². The molecule has 0 saturated heterocycles. The summed E-state index contributed by atoms with van der Waals surface area (Å²) in [4.78, 5) is 12.3.